The molecule has 0 radical (unpaired) electrons. The SMILES string of the molecule is O=S(=O)(c1ccccc1)n1cc2c3c(cccc31)CN(CCO)C2. The van der Waals surface area contributed by atoms with Gasteiger partial charge in [-0.3, -0.25) is 4.90 Å². The van der Waals surface area contributed by atoms with Gasteiger partial charge in [0, 0.05) is 31.2 Å². The summed E-state index contributed by atoms with van der Waals surface area (Å²) in [5, 5.41) is 10.2. The highest BCUT2D eigenvalue weighted by Crippen LogP contribution is 2.33. The average Bonchev–Trinajstić information content (AvgIpc) is 2.97. The van der Waals surface area contributed by atoms with E-state index in [9.17, 15) is 13.5 Å². The molecular weight excluding hydrogens is 324 g/mol. The second-order valence-electron chi connectivity index (χ2n) is 6.01. The summed E-state index contributed by atoms with van der Waals surface area (Å²) in [6.45, 7) is 2.03. The lowest BCUT2D eigenvalue weighted by molar-refractivity contribution is 0.182. The molecule has 24 heavy (non-hydrogen) atoms. The van der Waals surface area contributed by atoms with Crippen LogP contribution >= 0.6 is 0 Å². The first-order valence-corrected chi connectivity index (χ1v) is 9.31. The Kier molecular flexibility index (Phi) is 3.68. The second-order valence-corrected chi connectivity index (χ2v) is 7.83. The summed E-state index contributed by atoms with van der Waals surface area (Å²) in [5.41, 5.74) is 2.80. The summed E-state index contributed by atoms with van der Waals surface area (Å²) in [5.74, 6) is 0. The molecule has 124 valence electrons. The van der Waals surface area contributed by atoms with Crippen LogP contribution in [0.15, 0.2) is 59.6 Å². The predicted octanol–water partition coefficient (Wildman–Crippen LogP) is 2.19. The largest absolute Gasteiger partial charge is 0.395 e. The summed E-state index contributed by atoms with van der Waals surface area (Å²) < 4.78 is 27.4. The minimum absolute atomic E-state index is 0.0916. The van der Waals surface area contributed by atoms with Crippen molar-refractivity contribution in [3.8, 4) is 0 Å². The minimum atomic E-state index is -3.62. The van der Waals surface area contributed by atoms with E-state index in [0.29, 0.717) is 13.1 Å². The van der Waals surface area contributed by atoms with Crippen molar-refractivity contribution in [3.05, 3.63) is 65.9 Å². The van der Waals surface area contributed by atoms with E-state index in [1.54, 1.807) is 36.5 Å². The van der Waals surface area contributed by atoms with Crippen LogP contribution in [0.1, 0.15) is 11.1 Å². The zero-order valence-electron chi connectivity index (χ0n) is 13.1. The first-order chi connectivity index (χ1) is 11.6. The third-order valence-electron chi connectivity index (χ3n) is 4.46. The molecule has 0 unspecified atom stereocenters. The van der Waals surface area contributed by atoms with Gasteiger partial charge in [-0.05, 0) is 29.3 Å². The maximum atomic E-state index is 13.0. The first kappa shape index (κ1) is 15.4. The molecule has 3 aromatic rings. The average molecular weight is 342 g/mol. The number of β-amino-alcohol motifs (C(OH)–C–C–N with tert-alkyl or cyclic N) is 1. The van der Waals surface area contributed by atoms with Crippen LogP contribution in [-0.4, -0.2) is 35.5 Å². The lowest BCUT2D eigenvalue weighted by atomic mass is 10.0. The van der Waals surface area contributed by atoms with Crippen LogP contribution in [-0.2, 0) is 23.1 Å². The van der Waals surface area contributed by atoms with Crippen molar-refractivity contribution in [1.29, 1.82) is 0 Å². The molecule has 1 aliphatic rings. The minimum Gasteiger partial charge on any atom is -0.395 e. The van der Waals surface area contributed by atoms with Crippen molar-refractivity contribution in [2.45, 2.75) is 18.0 Å². The van der Waals surface area contributed by atoms with E-state index in [0.717, 1.165) is 28.6 Å². The number of aliphatic hydroxyl groups is 1. The van der Waals surface area contributed by atoms with Gasteiger partial charge in [0.25, 0.3) is 10.0 Å². The zero-order chi connectivity index (χ0) is 16.7. The van der Waals surface area contributed by atoms with Crippen molar-refractivity contribution < 1.29 is 13.5 Å². The van der Waals surface area contributed by atoms with Crippen LogP contribution in [0.5, 0.6) is 0 Å². The molecule has 2 heterocycles. The van der Waals surface area contributed by atoms with Gasteiger partial charge in [-0.1, -0.05) is 30.3 Å². The van der Waals surface area contributed by atoms with Crippen LogP contribution in [0.2, 0.25) is 0 Å². The molecule has 1 aliphatic heterocycles. The van der Waals surface area contributed by atoms with Gasteiger partial charge in [0.15, 0.2) is 0 Å². The monoisotopic (exact) mass is 342 g/mol. The number of nitrogens with zero attached hydrogens (tertiary/aromatic N) is 2. The van der Waals surface area contributed by atoms with Gasteiger partial charge < -0.3 is 5.11 Å². The molecule has 0 atom stereocenters. The van der Waals surface area contributed by atoms with Crippen molar-refractivity contribution in [3.63, 3.8) is 0 Å². The van der Waals surface area contributed by atoms with E-state index < -0.39 is 10.0 Å². The maximum Gasteiger partial charge on any atom is 0.268 e. The third-order valence-corrected chi connectivity index (χ3v) is 6.15. The van der Waals surface area contributed by atoms with Gasteiger partial charge in [-0.2, -0.15) is 0 Å². The van der Waals surface area contributed by atoms with E-state index in [4.69, 9.17) is 0 Å². The summed E-state index contributed by atoms with van der Waals surface area (Å²) in [6.07, 6.45) is 1.72. The van der Waals surface area contributed by atoms with Crippen LogP contribution in [0.25, 0.3) is 10.9 Å². The third kappa shape index (κ3) is 2.34. The smallest absolute Gasteiger partial charge is 0.268 e. The normalized spacial score (nSPS) is 15.0. The lowest BCUT2D eigenvalue weighted by Gasteiger charge is -2.26. The van der Waals surface area contributed by atoms with Crippen molar-refractivity contribution >= 4 is 20.9 Å². The molecule has 0 aliphatic carbocycles. The Labute approximate surface area is 140 Å². The van der Waals surface area contributed by atoms with Crippen LogP contribution in [0.3, 0.4) is 0 Å². The molecule has 6 heteroatoms. The molecule has 5 nitrogen and oxygen atoms in total. The molecule has 0 amide bonds. The first-order valence-electron chi connectivity index (χ1n) is 7.87. The summed E-state index contributed by atoms with van der Waals surface area (Å²) in [6, 6.07) is 14.3. The Balaban J connectivity index is 1.90. The number of aromatic nitrogens is 1. The lowest BCUT2D eigenvalue weighted by Crippen LogP contribution is -2.28. The van der Waals surface area contributed by atoms with Gasteiger partial charge in [-0.25, -0.2) is 12.4 Å². The zero-order valence-corrected chi connectivity index (χ0v) is 13.9. The Morgan fingerprint density at radius 2 is 1.71 bits per heavy atom. The fourth-order valence-corrected chi connectivity index (χ4v) is 4.82. The van der Waals surface area contributed by atoms with Crippen molar-refractivity contribution in [2.75, 3.05) is 13.2 Å². The van der Waals surface area contributed by atoms with Gasteiger partial charge in [0.2, 0.25) is 0 Å². The van der Waals surface area contributed by atoms with Crippen molar-refractivity contribution in [1.82, 2.24) is 8.87 Å². The number of hydrogen-bond acceptors (Lipinski definition) is 4. The molecule has 1 aromatic heterocycles. The van der Waals surface area contributed by atoms with E-state index in [1.165, 1.54) is 3.97 Å². The molecule has 4 rings (SSSR count). The highest BCUT2D eigenvalue weighted by Gasteiger charge is 2.26. The molecule has 0 fully saturated rings. The quantitative estimate of drug-likeness (QED) is 0.789. The van der Waals surface area contributed by atoms with E-state index >= 15 is 0 Å². The van der Waals surface area contributed by atoms with Crippen LogP contribution in [0, 0.1) is 0 Å². The van der Waals surface area contributed by atoms with Gasteiger partial charge in [0.1, 0.15) is 0 Å². The van der Waals surface area contributed by atoms with Crippen molar-refractivity contribution in [2.24, 2.45) is 0 Å². The maximum absolute atomic E-state index is 13.0. The molecule has 1 N–H and O–H groups in total. The number of aliphatic hydroxyl groups excluding tert-OH is 1. The predicted molar refractivity (Wildman–Crippen MR) is 92.2 cm³/mol. The van der Waals surface area contributed by atoms with E-state index in [2.05, 4.69) is 4.90 Å². The number of benzene rings is 2. The fraction of sp³-hybridized carbons (Fsp3) is 0.222. The van der Waals surface area contributed by atoms with Gasteiger partial charge in [0.05, 0.1) is 17.0 Å². The Morgan fingerprint density at radius 3 is 2.46 bits per heavy atom. The standard InChI is InChI=1S/C18H18N2O3S/c21-10-9-19-11-14-5-4-8-17-18(14)15(12-19)13-20(17)24(22,23)16-6-2-1-3-7-16/h1-8,13,21H,9-12H2. The summed E-state index contributed by atoms with van der Waals surface area (Å²) >= 11 is 0. The Hall–Kier alpha value is -2.15. The Bertz CT molecular complexity index is 994. The van der Waals surface area contributed by atoms with Crippen LogP contribution in [0.4, 0.5) is 0 Å². The highest BCUT2D eigenvalue weighted by atomic mass is 32.2. The fourth-order valence-electron chi connectivity index (χ4n) is 3.41. The summed E-state index contributed by atoms with van der Waals surface area (Å²) in [4.78, 5) is 2.40. The number of hydrogen-bond donors (Lipinski definition) is 1. The molecular formula is C18H18N2O3S. The number of rotatable bonds is 4. The molecule has 2 aromatic carbocycles. The molecule has 0 saturated carbocycles. The summed E-state index contributed by atoms with van der Waals surface area (Å²) in [7, 11) is -3.62. The molecule has 0 spiro atoms. The Morgan fingerprint density at radius 1 is 0.958 bits per heavy atom. The second kappa shape index (κ2) is 5.73. The van der Waals surface area contributed by atoms with E-state index in [-0.39, 0.29) is 11.5 Å². The molecule has 0 saturated heterocycles. The topological polar surface area (TPSA) is 62.5 Å². The highest BCUT2D eigenvalue weighted by molar-refractivity contribution is 7.90. The van der Waals surface area contributed by atoms with Gasteiger partial charge >= 0.3 is 0 Å². The van der Waals surface area contributed by atoms with Gasteiger partial charge in [-0.15, -0.1) is 0 Å². The van der Waals surface area contributed by atoms with E-state index in [1.807, 2.05) is 18.2 Å². The van der Waals surface area contributed by atoms with Crippen LogP contribution < -0.4 is 0 Å². The molecule has 0 bridgehead atoms.